The lowest BCUT2D eigenvalue weighted by Gasteiger charge is -2.08. The summed E-state index contributed by atoms with van der Waals surface area (Å²) < 4.78 is 18.6. The van der Waals surface area contributed by atoms with Gasteiger partial charge in [-0.25, -0.2) is 9.18 Å². The predicted molar refractivity (Wildman–Crippen MR) is 76.1 cm³/mol. The fraction of sp³-hybridized carbons (Fsp3) is 0.133. The van der Waals surface area contributed by atoms with Crippen molar-refractivity contribution in [1.29, 1.82) is 0 Å². The van der Waals surface area contributed by atoms with Crippen molar-refractivity contribution in [2.45, 2.75) is 13.5 Å². The number of hydrogen-bond donors (Lipinski definition) is 1. The molecule has 0 saturated heterocycles. The molecule has 0 fully saturated rings. The number of benzene rings is 2. The summed E-state index contributed by atoms with van der Waals surface area (Å²) >= 11 is 5.77. The summed E-state index contributed by atoms with van der Waals surface area (Å²) in [4.78, 5) is 11.9. The highest BCUT2D eigenvalue weighted by atomic mass is 35.5. The van der Waals surface area contributed by atoms with E-state index in [2.05, 4.69) is 0 Å². The van der Waals surface area contributed by atoms with Crippen molar-refractivity contribution in [2.75, 3.05) is 5.73 Å². The first kappa shape index (κ1) is 14.3. The predicted octanol–water partition coefficient (Wildman–Crippen LogP) is 3.73. The number of ether oxygens (including phenoxy) is 1. The normalized spacial score (nSPS) is 10.3. The third kappa shape index (κ3) is 3.27. The number of halogens is 2. The zero-order valence-corrected chi connectivity index (χ0v) is 11.6. The number of nitrogen functional groups attached to an aromatic ring is 1. The Morgan fingerprint density at radius 1 is 1.30 bits per heavy atom. The molecule has 0 amide bonds. The van der Waals surface area contributed by atoms with Crippen LogP contribution in [0, 0.1) is 12.7 Å². The molecule has 0 aliphatic carbocycles. The van der Waals surface area contributed by atoms with Gasteiger partial charge in [-0.2, -0.15) is 0 Å². The van der Waals surface area contributed by atoms with Gasteiger partial charge in [0, 0.05) is 16.3 Å². The molecule has 0 aromatic heterocycles. The average molecular weight is 294 g/mol. The molecular weight excluding hydrogens is 281 g/mol. The summed E-state index contributed by atoms with van der Waals surface area (Å²) in [6.07, 6.45) is 0. The summed E-state index contributed by atoms with van der Waals surface area (Å²) in [6.45, 7) is 1.59. The molecule has 5 heteroatoms. The Balaban J connectivity index is 2.10. The lowest BCUT2D eigenvalue weighted by Crippen LogP contribution is -2.08. The van der Waals surface area contributed by atoms with E-state index in [0.717, 1.165) is 0 Å². The van der Waals surface area contributed by atoms with Crippen LogP contribution < -0.4 is 5.73 Å². The number of carbonyl (C=O) groups is 1. The van der Waals surface area contributed by atoms with E-state index in [-0.39, 0.29) is 12.2 Å². The Labute approximate surface area is 121 Å². The molecule has 0 aliphatic rings. The second-order valence-corrected chi connectivity index (χ2v) is 4.82. The van der Waals surface area contributed by atoms with Gasteiger partial charge in [0.15, 0.2) is 0 Å². The molecule has 3 nitrogen and oxygen atoms in total. The molecule has 0 bridgehead atoms. The van der Waals surface area contributed by atoms with Gasteiger partial charge in [-0.1, -0.05) is 11.6 Å². The van der Waals surface area contributed by atoms with Crippen LogP contribution in [0.15, 0.2) is 36.4 Å². The molecule has 0 unspecified atom stereocenters. The molecule has 104 valence electrons. The fourth-order valence-corrected chi connectivity index (χ4v) is 1.99. The maximum atomic E-state index is 13.5. The standard InChI is InChI=1S/C15H13ClFNO2/c1-9-6-12(18)3-4-13(9)15(19)20-8-10-7-11(16)2-5-14(10)17/h2-7H,8,18H2,1H3. The van der Waals surface area contributed by atoms with E-state index in [4.69, 9.17) is 22.1 Å². The number of rotatable bonds is 3. The quantitative estimate of drug-likeness (QED) is 0.693. The van der Waals surface area contributed by atoms with Crippen molar-refractivity contribution in [3.63, 3.8) is 0 Å². The minimum absolute atomic E-state index is 0.172. The number of hydrogen-bond acceptors (Lipinski definition) is 3. The second-order valence-electron chi connectivity index (χ2n) is 4.39. The van der Waals surface area contributed by atoms with Crippen LogP contribution in [0.4, 0.5) is 10.1 Å². The molecule has 0 radical (unpaired) electrons. The molecule has 0 atom stereocenters. The smallest absolute Gasteiger partial charge is 0.338 e. The first-order valence-corrected chi connectivity index (χ1v) is 6.32. The van der Waals surface area contributed by atoms with E-state index >= 15 is 0 Å². The molecular formula is C15H13ClFNO2. The van der Waals surface area contributed by atoms with Gasteiger partial charge in [0.25, 0.3) is 0 Å². The topological polar surface area (TPSA) is 52.3 Å². The van der Waals surface area contributed by atoms with E-state index in [9.17, 15) is 9.18 Å². The van der Waals surface area contributed by atoms with E-state index in [1.807, 2.05) is 0 Å². The number of aryl methyl sites for hydroxylation is 1. The highest BCUT2D eigenvalue weighted by molar-refractivity contribution is 6.30. The molecule has 20 heavy (non-hydrogen) atoms. The third-order valence-corrected chi connectivity index (χ3v) is 3.07. The molecule has 2 rings (SSSR count). The molecule has 2 N–H and O–H groups in total. The molecule has 2 aromatic carbocycles. The van der Waals surface area contributed by atoms with Crippen molar-refractivity contribution < 1.29 is 13.9 Å². The summed E-state index contributed by atoms with van der Waals surface area (Å²) in [5, 5.41) is 0.390. The molecule has 0 spiro atoms. The molecule has 0 aliphatic heterocycles. The number of esters is 1. The molecule has 2 aromatic rings. The van der Waals surface area contributed by atoms with E-state index in [0.29, 0.717) is 21.8 Å². The van der Waals surface area contributed by atoms with Crippen molar-refractivity contribution >= 4 is 23.3 Å². The first-order valence-electron chi connectivity index (χ1n) is 5.94. The summed E-state index contributed by atoms with van der Waals surface area (Å²) in [5.74, 6) is -0.988. The SMILES string of the molecule is Cc1cc(N)ccc1C(=O)OCc1cc(Cl)ccc1F. The van der Waals surface area contributed by atoms with Crippen LogP contribution in [-0.2, 0) is 11.3 Å². The monoisotopic (exact) mass is 293 g/mol. The lowest BCUT2D eigenvalue weighted by atomic mass is 10.1. The van der Waals surface area contributed by atoms with Crippen LogP contribution >= 0.6 is 11.6 Å². The average Bonchev–Trinajstić information content (AvgIpc) is 2.39. The van der Waals surface area contributed by atoms with E-state index in [1.54, 1.807) is 25.1 Å². The maximum absolute atomic E-state index is 13.5. The van der Waals surface area contributed by atoms with Crippen LogP contribution in [0.5, 0.6) is 0 Å². The number of anilines is 1. The van der Waals surface area contributed by atoms with Gasteiger partial charge in [0.05, 0.1) is 5.56 Å². The maximum Gasteiger partial charge on any atom is 0.338 e. The lowest BCUT2D eigenvalue weighted by molar-refractivity contribution is 0.0468. The van der Waals surface area contributed by atoms with Crippen LogP contribution in [0.3, 0.4) is 0 Å². The zero-order valence-electron chi connectivity index (χ0n) is 10.8. The van der Waals surface area contributed by atoms with Gasteiger partial charge in [-0.15, -0.1) is 0 Å². The largest absolute Gasteiger partial charge is 0.457 e. The van der Waals surface area contributed by atoms with Crippen molar-refractivity contribution in [1.82, 2.24) is 0 Å². The fourth-order valence-electron chi connectivity index (χ4n) is 1.79. The minimum Gasteiger partial charge on any atom is -0.457 e. The Hall–Kier alpha value is -2.07. The van der Waals surface area contributed by atoms with Gasteiger partial charge in [0.2, 0.25) is 0 Å². The van der Waals surface area contributed by atoms with Crippen molar-refractivity contribution in [2.24, 2.45) is 0 Å². The van der Waals surface area contributed by atoms with Gasteiger partial charge in [-0.05, 0) is 48.9 Å². The summed E-state index contributed by atoms with van der Waals surface area (Å²) in [5.41, 5.74) is 7.53. The Morgan fingerprint density at radius 2 is 2.05 bits per heavy atom. The second kappa shape index (κ2) is 5.92. The highest BCUT2D eigenvalue weighted by Gasteiger charge is 2.12. The van der Waals surface area contributed by atoms with Crippen molar-refractivity contribution in [3.8, 4) is 0 Å². The van der Waals surface area contributed by atoms with Crippen LogP contribution in [0.2, 0.25) is 5.02 Å². The van der Waals surface area contributed by atoms with E-state index in [1.165, 1.54) is 18.2 Å². The zero-order chi connectivity index (χ0) is 14.7. The van der Waals surface area contributed by atoms with Gasteiger partial charge < -0.3 is 10.5 Å². The van der Waals surface area contributed by atoms with Crippen molar-refractivity contribution in [3.05, 3.63) is 63.9 Å². The molecule has 0 saturated carbocycles. The first-order chi connectivity index (χ1) is 9.47. The third-order valence-electron chi connectivity index (χ3n) is 2.84. The summed E-state index contributed by atoms with van der Waals surface area (Å²) in [7, 11) is 0. The van der Waals surface area contributed by atoms with Crippen LogP contribution in [0.1, 0.15) is 21.5 Å². The van der Waals surface area contributed by atoms with E-state index < -0.39 is 11.8 Å². The Bertz CT molecular complexity index is 658. The Kier molecular flexibility index (Phi) is 4.25. The van der Waals surface area contributed by atoms with Gasteiger partial charge >= 0.3 is 5.97 Å². The van der Waals surface area contributed by atoms with Gasteiger partial charge in [0.1, 0.15) is 12.4 Å². The minimum atomic E-state index is -0.526. The highest BCUT2D eigenvalue weighted by Crippen LogP contribution is 2.18. The van der Waals surface area contributed by atoms with Gasteiger partial charge in [-0.3, -0.25) is 0 Å². The number of nitrogens with two attached hydrogens (primary N) is 1. The van der Waals surface area contributed by atoms with Crippen LogP contribution in [0.25, 0.3) is 0 Å². The molecule has 0 heterocycles. The Morgan fingerprint density at radius 3 is 2.75 bits per heavy atom. The van der Waals surface area contributed by atoms with Crippen LogP contribution in [-0.4, -0.2) is 5.97 Å². The number of carbonyl (C=O) groups excluding carboxylic acids is 1. The summed E-state index contributed by atoms with van der Waals surface area (Å²) in [6, 6.07) is 8.98.